The second-order valence-corrected chi connectivity index (χ2v) is 6.65. The normalized spacial score (nSPS) is 16.4. The van der Waals surface area contributed by atoms with E-state index in [-0.39, 0.29) is 6.04 Å². The predicted octanol–water partition coefficient (Wildman–Crippen LogP) is 3.62. The average molecular weight is 357 g/mol. The lowest BCUT2D eigenvalue weighted by Crippen LogP contribution is -2.26. The molecule has 1 atom stereocenters. The molecule has 6 nitrogen and oxygen atoms in total. The standard InChI is InChI=1S/C21H19N5O/c1-2-7-17(8-3-1)26-21-18(12-24-26)20(22-14-23-21)25-16-11-10-15-6-4-5-9-19(15)27-13-16/h1-9,12,14,16H,10-11,13H2,(H,22,23,25). The molecule has 0 saturated heterocycles. The van der Waals surface area contributed by atoms with Gasteiger partial charge in [-0.2, -0.15) is 5.10 Å². The molecule has 1 aliphatic heterocycles. The lowest BCUT2D eigenvalue weighted by atomic mass is 10.1. The molecule has 2 aromatic heterocycles. The van der Waals surface area contributed by atoms with E-state index >= 15 is 0 Å². The molecule has 0 amide bonds. The third-order valence-electron chi connectivity index (χ3n) is 4.88. The van der Waals surface area contributed by atoms with Crippen molar-refractivity contribution in [3.63, 3.8) is 0 Å². The van der Waals surface area contributed by atoms with Crippen molar-refractivity contribution in [3.8, 4) is 11.4 Å². The lowest BCUT2D eigenvalue weighted by Gasteiger charge is -2.17. The van der Waals surface area contributed by atoms with E-state index in [1.165, 1.54) is 5.56 Å². The van der Waals surface area contributed by atoms with E-state index in [0.717, 1.165) is 41.1 Å². The summed E-state index contributed by atoms with van der Waals surface area (Å²) in [6.07, 6.45) is 5.36. The zero-order chi connectivity index (χ0) is 18.1. The van der Waals surface area contributed by atoms with Crippen molar-refractivity contribution in [2.75, 3.05) is 11.9 Å². The number of ether oxygens (including phenoxy) is 1. The van der Waals surface area contributed by atoms with Gasteiger partial charge in [0.05, 0.1) is 23.3 Å². The van der Waals surface area contributed by atoms with Gasteiger partial charge < -0.3 is 10.1 Å². The molecule has 1 unspecified atom stereocenters. The highest BCUT2D eigenvalue weighted by Gasteiger charge is 2.19. The third kappa shape index (κ3) is 2.99. The molecular formula is C21H19N5O. The first-order valence-electron chi connectivity index (χ1n) is 9.10. The third-order valence-corrected chi connectivity index (χ3v) is 4.88. The zero-order valence-electron chi connectivity index (χ0n) is 14.7. The maximum absolute atomic E-state index is 5.99. The van der Waals surface area contributed by atoms with Crippen molar-refractivity contribution in [1.29, 1.82) is 0 Å². The average Bonchev–Trinajstić information content (AvgIpc) is 3.06. The van der Waals surface area contributed by atoms with Gasteiger partial charge in [-0.3, -0.25) is 0 Å². The van der Waals surface area contributed by atoms with Gasteiger partial charge >= 0.3 is 0 Å². The van der Waals surface area contributed by atoms with E-state index in [1.807, 2.05) is 53.3 Å². The second kappa shape index (κ2) is 6.72. The molecule has 0 bridgehead atoms. The Kier molecular flexibility index (Phi) is 3.93. The monoisotopic (exact) mass is 357 g/mol. The van der Waals surface area contributed by atoms with Crippen LogP contribution in [-0.2, 0) is 6.42 Å². The second-order valence-electron chi connectivity index (χ2n) is 6.65. The van der Waals surface area contributed by atoms with Crippen molar-refractivity contribution in [3.05, 3.63) is 72.7 Å². The number of hydrogen-bond acceptors (Lipinski definition) is 5. The van der Waals surface area contributed by atoms with E-state index in [9.17, 15) is 0 Å². The Balaban J connectivity index is 1.42. The molecule has 0 aliphatic carbocycles. The molecule has 3 heterocycles. The number of benzene rings is 2. The molecule has 6 heteroatoms. The Morgan fingerprint density at radius 2 is 1.85 bits per heavy atom. The topological polar surface area (TPSA) is 64.9 Å². The Hall–Kier alpha value is -3.41. The molecular weight excluding hydrogens is 338 g/mol. The molecule has 0 fully saturated rings. The fraction of sp³-hybridized carbons (Fsp3) is 0.190. The summed E-state index contributed by atoms with van der Waals surface area (Å²) in [5.41, 5.74) is 3.02. The van der Waals surface area contributed by atoms with Crippen LogP contribution in [0.2, 0.25) is 0 Å². The summed E-state index contributed by atoms with van der Waals surface area (Å²) in [5, 5.41) is 8.95. The molecule has 27 heavy (non-hydrogen) atoms. The number of fused-ring (bicyclic) bond motifs is 2. The first-order chi connectivity index (χ1) is 13.4. The first kappa shape index (κ1) is 15.8. The predicted molar refractivity (Wildman–Crippen MR) is 104 cm³/mol. The summed E-state index contributed by atoms with van der Waals surface area (Å²) in [6, 6.07) is 18.4. The highest BCUT2D eigenvalue weighted by atomic mass is 16.5. The van der Waals surface area contributed by atoms with Crippen LogP contribution in [0.5, 0.6) is 5.75 Å². The minimum Gasteiger partial charge on any atom is -0.491 e. The maximum Gasteiger partial charge on any atom is 0.168 e. The fourth-order valence-corrected chi connectivity index (χ4v) is 3.48. The fourth-order valence-electron chi connectivity index (χ4n) is 3.48. The van der Waals surface area contributed by atoms with Crippen LogP contribution in [0, 0.1) is 0 Å². The van der Waals surface area contributed by atoms with E-state index < -0.39 is 0 Å². The Morgan fingerprint density at radius 1 is 1.00 bits per heavy atom. The molecule has 0 saturated carbocycles. The summed E-state index contributed by atoms with van der Waals surface area (Å²) in [5.74, 6) is 1.77. The van der Waals surface area contributed by atoms with E-state index in [1.54, 1.807) is 6.33 Å². The summed E-state index contributed by atoms with van der Waals surface area (Å²) in [7, 11) is 0. The quantitative estimate of drug-likeness (QED) is 0.607. The lowest BCUT2D eigenvalue weighted by molar-refractivity contribution is 0.302. The molecule has 1 N–H and O–H groups in total. The number of anilines is 1. The summed E-state index contributed by atoms with van der Waals surface area (Å²) >= 11 is 0. The van der Waals surface area contributed by atoms with E-state index in [2.05, 4.69) is 32.5 Å². The molecule has 5 rings (SSSR count). The Bertz CT molecular complexity index is 1050. The van der Waals surface area contributed by atoms with Gasteiger partial charge in [0.1, 0.15) is 24.5 Å². The highest BCUT2D eigenvalue weighted by Crippen LogP contribution is 2.26. The van der Waals surface area contributed by atoms with Crippen molar-refractivity contribution >= 4 is 16.9 Å². The van der Waals surface area contributed by atoms with Crippen molar-refractivity contribution in [2.45, 2.75) is 18.9 Å². The summed E-state index contributed by atoms with van der Waals surface area (Å²) in [4.78, 5) is 8.90. The first-order valence-corrected chi connectivity index (χ1v) is 9.10. The van der Waals surface area contributed by atoms with E-state index in [0.29, 0.717) is 6.61 Å². The number of nitrogens with zero attached hydrogens (tertiary/aromatic N) is 4. The minimum atomic E-state index is 0.176. The van der Waals surface area contributed by atoms with Gasteiger partial charge in [-0.25, -0.2) is 14.6 Å². The molecule has 1 aliphatic rings. The smallest absolute Gasteiger partial charge is 0.168 e. The van der Waals surface area contributed by atoms with Crippen molar-refractivity contribution in [1.82, 2.24) is 19.7 Å². The van der Waals surface area contributed by atoms with Crippen LogP contribution in [-0.4, -0.2) is 32.4 Å². The maximum atomic E-state index is 5.99. The largest absolute Gasteiger partial charge is 0.491 e. The van der Waals surface area contributed by atoms with Crippen LogP contribution in [0.15, 0.2) is 67.1 Å². The molecule has 2 aromatic carbocycles. The van der Waals surface area contributed by atoms with Gasteiger partial charge in [0.15, 0.2) is 5.65 Å². The number of aryl methyl sites for hydroxylation is 1. The number of rotatable bonds is 3. The van der Waals surface area contributed by atoms with Gasteiger partial charge in [0.25, 0.3) is 0 Å². The number of hydrogen-bond donors (Lipinski definition) is 1. The summed E-state index contributed by atoms with van der Waals surface area (Å²) < 4.78 is 7.83. The summed E-state index contributed by atoms with van der Waals surface area (Å²) in [6.45, 7) is 0.606. The van der Waals surface area contributed by atoms with Crippen LogP contribution in [0.3, 0.4) is 0 Å². The van der Waals surface area contributed by atoms with Crippen LogP contribution in [0.25, 0.3) is 16.7 Å². The Morgan fingerprint density at radius 3 is 2.78 bits per heavy atom. The molecule has 0 spiro atoms. The molecule has 0 radical (unpaired) electrons. The minimum absolute atomic E-state index is 0.176. The van der Waals surface area contributed by atoms with Gasteiger partial charge in [0, 0.05) is 0 Å². The molecule has 134 valence electrons. The SMILES string of the molecule is c1ccc(-n2ncc3c(NC4CCc5ccccc5OC4)ncnc32)cc1. The van der Waals surface area contributed by atoms with Gasteiger partial charge in [-0.1, -0.05) is 36.4 Å². The van der Waals surface area contributed by atoms with Crippen molar-refractivity contribution in [2.24, 2.45) is 0 Å². The zero-order valence-corrected chi connectivity index (χ0v) is 14.7. The van der Waals surface area contributed by atoms with Gasteiger partial charge in [-0.05, 0) is 36.6 Å². The molecule has 4 aromatic rings. The van der Waals surface area contributed by atoms with Crippen LogP contribution in [0.1, 0.15) is 12.0 Å². The highest BCUT2D eigenvalue weighted by molar-refractivity contribution is 5.87. The number of aromatic nitrogens is 4. The Labute approximate surface area is 156 Å². The number of para-hydroxylation sites is 2. The van der Waals surface area contributed by atoms with Crippen LogP contribution >= 0.6 is 0 Å². The van der Waals surface area contributed by atoms with Gasteiger partial charge in [-0.15, -0.1) is 0 Å². The number of nitrogens with one attached hydrogen (secondary N) is 1. The van der Waals surface area contributed by atoms with Gasteiger partial charge in [0.2, 0.25) is 0 Å². The van der Waals surface area contributed by atoms with Crippen LogP contribution in [0.4, 0.5) is 5.82 Å². The van der Waals surface area contributed by atoms with Crippen LogP contribution < -0.4 is 10.1 Å². The van der Waals surface area contributed by atoms with E-state index in [4.69, 9.17) is 4.74 Å². The van der Waals surface area contributed by atoms with Crippen molar-refractivity contribution < 1.29 is 4.74 Å².